The number of hydrogen-bond donors (Lipinski definition) is 1. The van der Waals surface area contributed by atoms with Gasteiger partial charge in [-0.3, -0.25) is 4.79 Å². The number of nitrogens with two attached hydrogens (primary N) is 1. The van der Waals surface area contributed by atoms with E-state index in [1.54, 1.807) is 20.3 Å². The number of rotatable bonds is 3. The van der Waals surface area contributed by atoms with E-state index in [4.69, 9.17) is 15.2 Å². The lowest BCUT2D eigenvalue weighted by Gasteiger charge is -2.12. The van der Waals surface area contributed by atoms with E-state index in [2.05, 4.69) is 0 Å². The predicted octanol–water partition coefficient (Wildman–Crippen LogP) is 3.11. The SMILES string of the molecule is COc1ccc2cc3c(C(N)=O)cccc3cc2c1OC. The van der Waals surface area contributed by atoms with E-state index in [1.165, 1.54) is 0 Å². The first kappa shape index (κ1) is 13.2. The van der Waals surface area contributed by atoms with Crippen LogP contribution in [-0.4, -0.2) is 20.1 Å². The van der Waals surface area contributed by atoms with Gasteiger partial charge in [0.05, 0.1) is 14.2 Å². The second-order valence-electron chi connectivity index (χ2n) is 4.77. The van der Waals surface area contributed by atoms with Gasteiger partial charge in [-0.1, -0.05) is 18.2 Å². The topological polar surface area (TPSA) is 61.5 Å². The van der Waals surface area contributed by atoms with Crippen molar-refractivity contribution in [2.75, 3.05) is 14.2 Å². The van der Waals surface area contributed by atoms with E-state index in [0.717, 1.165) is 21.5 Å². The molecule has 3 aromatic carbocycles. The molecule has 0 atom stereocenters. The van der Waals surface area contributed by atoms with Gasteiger partial charge in [0.1, 0.15) is 0 Å². The zero-order chi connectivity index (χ0) is 15.0. The minimum Gasteiger partial charge on any atom is -0.493 e. The van der Waals surface area contributed by atoms with Crippen LogP contribution >= 0.6 is 0 Å². The van der Waals surface area contributed by atoms with Crippen LogP contribution in [0.1, 0.15) is 10.4 Å². The largest absolute Gasteiger partial charge is 0.493 e. The summed E-state index contributed by atoms with van der Waals surface area (Å²) in [5, 5.41) is 3.68. The molecule has 0 fully saturated rings. The van der Waals surface area contributed by atoms with Crippen molar-refractivity contribution in [3.05, 3.63) is 48.0 Å². The summed E-state index contributed by atoms with van der Waals surface area (Å²) in [5.74, 6) is 0.928. The molecule has 0 aliphatic carbocycles. The quantitative estimate of drug-likeness (QED) is 0.750. The number of fused-ring (bicyclic) bond motifs is 2. The van der Waals surface area contributed by atoms with Crippen LogP contribution in [0.3, 0.4) is 0 Å². The van der Waals surface area contributed by atoms with E-state index in [9.17, 15) is 4.79 Å². The van der Waals surface area contributed by atoms with Gasteiger partial charge in [-0.25, -0.2) is 0 Å². The number of methoxy groups -OCH3 is 2. The second kappa shape index (κ2) is 4.98. The molecule has 3 aromatic rings. The highest BCUT2D eigenvalue weighted by Crippen LogP contribution is 2.37. The lowest BCUT2D eigenvalue weighted by molar-refractivity contribution is 0.100. The molecular formula is C17H15NO3. The number of carbonyl (C=O) groups excluding carboxylic acids is 1. The number of ether oxygens (including phenoxy) is 2. The fourth-order valence-electron chi connectivity index (χ4n) is 2.64. The van der Waals surface area contributed by atoms with Gasteiger partial charge >= 0.3 is 0 Å². The molecular weight excluding hydrogens is 266 g/mol. The molecule has 4 heteroatoms. The maximum atomic E-state index is 11.6. The lowest BCUT2D eigenvalue weighted by Crippen LogP contribution is -2.11. The molecule has 0 aromatic heterocycles. The number of amides is 1. The smallest absolute Gasteiger partial charge is 0.249 e. The van der Waals surface area contributed by atoms with Gasteiger partial charge in [0.2, 0.25) is 5.91 Å². The molecule has 0 aliphatic heterocycles. The fraction of sp³-hybridized carbons (Fsp3) is 0.118. The average molecular weight is 281 g/mol. The molecule has 2 N–H and O–H groups in total. The molecule has 0 heterocycles. The maximum Gasteiger partial charge on any atom is 0.249 e. The van der Waals surface area contributed by atoms with Gasteiger partial charge < -0.3 is 15.2 Å². The zero-order valence-electron chi connectivity index (χ0n) is 11.8. The van der Waals surface area contributed by atoms with Crippen molar-refractivity contribution >= 4 is 27.5 Å². The summed E-state index contributed by atoms with van der Waals surface area (Å²) < 4.78 is 10.8. The van der Waals surface area contributed by atoms with Crippen LogP contribution in [0.25, 0.3) is 21.5 Å². The summed E-state index contributed by atoms with van der Waals surface area (Å²) in [7, 11) is 3.22. The van der Waals surface area contributed by atoms with E-state index >= 15 is 0 Å². The molecule has 0 saturated heterocycles. The van der Waals surface area contributed by atoms with Crippen molar-refractivity contribution in [2.45, 2.75) is 0 Å². The van der Waals surface area contributed by atoms with Gasteiger partial charge in [-0.15, -0.1) is 0 Å². The molecule has 0 unspecified atom stereocenters. The third-order valence-electron chi connectivity index (χ3n) is 3.62. The van der Waals surface area contributed by atoms with Crippen LogP contribution in [0.15, 0.2) is 42.5 Å². The van der Waals surface area contributed by atoms with E-state index in [-0.39, 0.29) is 0 Å². The van der Waals surface area contributed by atoms with Gasteiger partial charge in [0.15, 0.2) is 11.5 Å². The molecule has 106 valence electrons. The zero-order valence-corrected chi connectivity index (χ0v) is 11.8. The van der Waals surface area contributed by atoms with Crippen LogP contribution in [0.2, 0.25) is 0 Å². The fourth-order valence-corrected chi connectivity index (χ4v) is 2.64. The summed E-state index contributed by atoms with van der Waals surface area (Å²) in [4.78, 5) is 11.6. The lowest BCUT2D eigenvalue weighted by atomic mass is 9.98. The van der Waals surface area contributed by atoms with Crippen molar-refractivity contribution < 1.29 is 14.3 Å². The van der Waals surface area contributed by atoms with Gasteiger partial charge in [0, 0.05) is 10.9 Å². The van der Waals surface area contributed by atoms with E-state index in [0.29, 0.717) is 17.1 Å². The highest BCUT2D eigenvalue weighted by molar-refractivity contribution is 6.11. The molecule has 0 spiro atoms. The van der Waals surface area contributed by atoms with Crippen molar-refractivity contribution in [2.24, 2.45) is 5.73 Å². The molecule has 21 heavy (non-hydrogen) atoms. The molecule has 0 aliphatic rings. The molecule has 0 radical (unpaired) electrons. The van der Waals surface area contributed by atoms with Crippen molar-refractivity contribution in [1.29, 1.82) is 0 Å². The number of primary amides is 1. The Kier molecular flexibility index (Phi) is 3.14. The van der Waals surface area contributed by atoms with Crippen LogP contribution < -0.4 is 15.2 Å². The summed E-state index contributed by atoms with van der Waals surface area (Å²) >= 11 is 0. The summed E-state index contributed by atoms with van der Waals surface area (Å²) in [6, 6.07) is 13.2. The van der Waals surface area contributed by atoms with Crippen LogP contribution in [-0.2, 0) is 0 Å². The molecule has 4 nitrogen and oxygen atoms in total. The Morgan fingerprint density at radius 3 is 2.33 bits per heavy atom. The monoisotopic (exact) mass is 281 g/mol. The highest BCUT2D eigenvalue weighted by Gasteiger charge is 2.12. The molecule has 0 saturated carbocycles. The van der Waals surface area contributed by atoms with Crippen LogP contribution in [0, 0.1) is 0 Å². The standard InChI is InChI=1S/C17H15NO3/c1-20-15-7-6-11-8-13-10(9-14(11)16(15)21-2)4-3-5-12(13)17(18)19/h3-9H,1-2H3,(H2,18,19). The number of benzene rings is 3. The summed E-state index contributed by atoms with van der Waals surface area (Å²) in [5.41, 5.74) is 5.96. The molecule has 1 amide bonds. The molecule has 0 bridgehead atoms. The van der Waals surface area contributed by atoms with E-state index < -0.39 is 5.91 Å². The Hall–Kier alpha value is -2.75. The minimum atomic E-state index is -0.430. The highest BCUT2D eigenvalue weighted by atomic mass is 16.5. The van der Waals surface area contributed by atoms with Crippen LogP contribution in [0.4, 0.5) is 0 Å². The first-order chi connectivity index (χ1) is 10.2. The first-order valence-corrected chi connectivity index (χ1v) is 6.53. The summed E-state index contributed by atoms with van der Waals surface area (Å²) in [6.45, 7) is 0. The van der Waals surface area contributed by atoms with Crippen LogP contribution in [0.5, 0.6) is 11.5 Å². The Balaban J connectivity index is 2.42. The molecule has 3 rings (SSSR count). The van der Waals surface area contributed by atoms with Gasteiger partial charge in [-0.05, 0) is 40.4 Å². The van der Waals surface area contributed by atoms with Crippen molar-refractivity contribution in [1.82, 2.24) is 0 Å². The Bertz CT molecular complexity index is 855. The third-order valence-corrected chi connectivity index (χ3v) is 3.62. The Morgan fingerprint density at radius 1 is 0.952 bits per heavy atom. The second-order valence-corrected chi connectivity index (χ2v) is 4.77. The Labute approximate surface area is 122 Å². The third kappa shape index (κ3) is 2.05. The van der Waals surface area contributed by atoms with Crippen molar-refractivity contribution in [3.63, 3.8) is 0 Å². The predicted molar refractivity (Wildman–Crippen MR) is 83.1 cm³/mol. The van der Waals surface area contributed by atoms with Crippen molar-refractivity contribution in [3.8, 4) is 11.5 Å². The summed E-state index contributed by atoms with van der Waals surface area (Å²) in [6.07, 6.45) is 0. The number of carbonyl (C=O) groups is 1. The van der Waals surface area contributed by atoms with Gasteiger partial charge in [0.25, 0.3) is 0 Å². The van der Waals surface area contributed by atoms with Gasteiger partial charge in [-0.2, -0.15) is 0 Å². The maximum absolute atomic E-state index is 11.6. The first-order valence-electron chi connectivity index (χ1n) is 6.53. The average Bonchev–Trinajstić information content (AvgIpc) is 2.50. The normalized spacial score (nSPS) is 10.8. The minimum absolute atomic E-state index is 0.430. The van der Waals surface area contributed by atoms with E-state index in [1.807, 2.05) is 36.4 Å². The number of hydrogen-bond acceptors (Lipinski definition) is 3. The Morgan fingerprint density at radius 2 is 1.67 bits per heavy atom.